The minimum absolute atomic E-state index is 0.328. The lowest BCUT2D eigenvalue weighted by Crippen LogP contribution is -2.16. The lowest BCUT2D eigenvalue weighted by Gasteiger charge is -2.10. The molecule has 0 unspecified atom stereocenters. The van der Waals surface area contributed by atoms with Crippen molar-refractivity contribution in [2.75, 3.05) is 0 Å². The highest BCUT2D eigenvalue weighted by Gasteiger charge is 2.30. The van der Waals surface area contributed by atoms with Gasteiger partial charge in [-0.15, -0.1) is 13.2 Å². The molecule has 0 fully saturated rings. The Labute approximate surface area is 117 Å². The summed E-state index contributed by atoms with van der Waals surface area (Å²) in [5.41, 5.74) is 0.422. The Balaban J connectivity index is 2.04. The number of carbonyl (C=O) groups excluding carboxylic acids is 1. The van der Waals surface area contributed by atoms with Gasteiger partial charge in [0.05, 0.1) is 5.69 Å². The van der Waals surface area contributed by atoms with Gasteiger partial charge in [-0.1, -0.05) is 0 Å². The average molecular weight is 295 g/mol. The summed E-state index contributed by atoms with van der Waals surface area (Å²) in [6.07, 6.45) is -3.32. The molecule has 0 aliphatic carbocycles. The van der Waals surface area contributed by atoms with Crippen molar-refractivity contribution in [1.82, 2.24) is 0 Å². The van der Waals surface area contributed by atoms with Crippen molar-refractivity contribution < 1.29 is 27.4 Å². The van der Waals surface area contributed by atoms with Gasteiger partial charge < -0.3 is 9.47 Å². The van der Waals surface area contributed by atoms with Gasteiger partial charge in [-0.3, -0.25) is 0 Å². The molecule has 0 N–H and O–H groups in total. The zero-order chi connectivity index (χ0) is 15.3. The van der Waals surface area contributed by atoms with Crippen molar-refractivity contribution in [3.63, 3.8) is 0 Å². The molecule has 0 spiro atoms. The highest BCUT2D eigenvalue weighted by Crippen LogP contribution is 2.28. The number of alkyl halides is 3. The fourth-order valence-corrected chi connectivity index (χ4v) is 1.49. The molecule has 21 heavy (non-hydrogen) atoms. The minimum atomic E-state index is -4.72. The van der Waals surface area contributed by atoms with Crippen LogP contribution in [-0.2, 0) is 4.79 Å². The molecule has 0 saturated heterocycles. The highest BCUT2D eigenvalue weighted by molar-refractivity contribution is 5.50. The zero-order valence-electron chi connectivity index (χ0n) is 10.4. The van der Waals surface area contributed by atoms with Crippen LogP contribution in [-0.4, -0.2) is 12.4 Å². The normalized spacial score (nSPS) is 10.6. The van der Waals surface area contributed by atoms with Gasteiger partial charge in [0.2, 0.25) is 6.08 Å². The number of ether oxygens (including phenoxy) is 2. The summed E-state index contributed by atoms with van der Waals surface area (Å²) < 4.78 is 45.2. The van der Waals surface area contributed by atoms with Gasteiger partial charge in [-0.25, -0.2) is 4.79 Å². The summed E-state index contributed by atoms with van der Waals surface area (Å²) >= 11 is 0. The van der Waals surface area contributed by atoms with Crippen LogP contribution in [0.25, 0.3) is 0 Å². The van der Waals surface area contributed by atoms with E-state index in [0.717, 1.165) is 12.1 Å². The third kappa shape index (κ3) is 4.67. The predicted molar refractivity (Wildman–Crippen MR) is 67.4 cm³/mol. The van der Waals surface area contributed by atoms with E-state index in [0.29, 0.717) is 17.2 Å². The lowest BCUT2D eigenvalue weighted by atomic mass is 10.3. The van der Waals surface area contributed by atoms with Crippen molar-refractivity contribution in [2.45, 2.75) is 6.36 Å². The van der Waals surface area contributed by atoms with E-state index in [-0.39, 0.29) is 5.75 Å². The number of hydrogen-bond acceptors (Lipinski definition) is 4. The van der Waals surface area contributed by atoms with Crippen LogP contribution in [0.4, 0.5) is 18.9 Å². The van der Waals surface area contributed by atoms with Gasteiger partial charge >= 0.3 is 6.36 Å². The summed E-state index contributed by atoms with van der Waals surface area (Å²) in [5, 5.41) is 0. The quantitative estimate of drug-likeness (QED) is 0.622. The first-order valence-corrected chi connectivity index (χ1v) is 5.68. The topological polar surface area (TPSA) is 47.9 Å². The Morgan fingerprint density at radius 2 is 1.33 bits per heavy atom. The van der Waals surface area contributed by atoms with Crippen LogP contribution < -0.4 is 9.47 Å². The monoisotopic (exact) mass is 295 g/mol. The van der Waals surface area contributed by atoms with Crippen LogP contribution in [0.5, 0.6) is 17.2 Å². The standard InChI is InChI=1S/C14H8F3NO3/c15-14(16,17)21-13-7-5-12(6-8-13)20-11-3-1-10(2-4-11)18-9-19/h1-8H. The molecule has 108 valence electrons. The van der Waals surface area contributed by atoms with Crippen molar-refractivity contribution in [2.24, 2.45) is 4.99 Å². The van der Waals surface area contributed by atoms with E-state index < -0.39 is 6.36 Å². The molecule has 2 aromatic rings. The fourth-order valence-electron chi connectivity index (χ4n) is 1.49. The van der Waals surface area contributed by atoms with Gasteiger partial charge in [0.15, 0.2) is 0 Å². The molecule has 0 heterocycles. The second-order valence-electron chi connectivity index (χ2n) is 3.82. The molecule has 7 heteroatoms. The Kier molecular flexibility index (Phi) is 4.25. The molecule has 0 aromatic heterocycles. The number of aliphatic imine (C=N–C) groups is 1. The van der Waals surface area contributed by atoms with Gasteiger partial charge in [0.25, 0.3) is 0 Å². The maximum atomic E-state index is 12.0. The third-order valence-corrected chi connectivity index (χ3v) is 2.30. The summed E-state index contributed by atoms with van der Waals surface area (Å²) in [4.78, 5) is 13.5. The van der Waals surface area contributed by atoms with E-state index in [2.05, 4.69) is 9.73 Å². The summed E-state index contributed by atoms with van der Waals surface area (Å²) in [7, 11) is 0. The van der Waals surface area contributed by atoms with Crippen molar-refractivity contribution >= 4 is 11.8 Å². The van der Waals surface area contributed by atoms with Crippen LogP contribution in [0.2, 0.25) is 0 Å². The van der Waals surface area contributed by atoms with Crippen LogP contribution in [0.15, 0.2) is 53.5 Å². The summed E-state index contributed by atoms with van der Waals surface area (Å²) in [5.74, 6) is 0.464. The summed E-state index contributed by atoms with van der Waals surface area (Å²) in [6, 6.07) is 11.2. The Morgan fingerprint density at radius 1 is 0.857 bits per heavy atom. The Bertz CT molecular complexity index is 645. The van der Waals surface area contributed by atoms with Gasteiger partial charge in [0, 0.05) is 0 Å². The van der Waals surface area contributed by atoms with Gasteiger partial charge in [-0.2, -0.15) is 4.99 Å². The number of rotatable bonds is 4. The van der Waals surface area contributed by atoms with Crippen molar-refractivity contribution in [3.05, 3.63) is 48.5 Å². The molecule has 0 aliphatic heterocycles. The van der Waals surface area contributed by atoms with Gasteiger partial charge in [0.1, 0.15) is 17.2 Å². The van der Waals surface area contributed by atoms with E-state index in [1.165, 1.54) is 18.2 Å². The molecular weight excluding hydrogens is 287 g/mol. The maximum absolute atomic E-state index is 12.0. The number of nitrogens with zero attached hydrogens (tertiary/aromatic N) is 1. The highest BCUT2D eigenvalue weighted by atomic mass is 19.4. The second-order valence-corrected chi connectivity index (χ2v) is 3.82. The minimum Gasteiger partial charge on any atom is -0.457 e. The van der Waals surface area contributed by atoms with E-state index in [1.807, 2.05) is 0 Å². The van der Waals surface area contributed by atoms with Crippen LogP contribution in [0.1, 0.15) is 0 Å². The molecule has 0 atom stereocenters. The van der Waals surface area contributed by atoms with Crippen molar-refractivity contribution in [3.8, 4) is 17.2 Å². The van der Waals surface area contributed by atoms with E-state index in [9.17, 15) is 18.0 Å². The lowest BCUT2D eigenvalue weighted by molar-refractivity contribution is -0.274. The van der Waals surface area contributed by atoms with E-state index >= 15 is 0 Å². The molecule has 2 aromatic carbocycles. The first-order valence-electron chi connectivity index (χ1n) is 5.68. The molecule has 0 bridgehead atoms. The number of hydrogen-bond donors (Lipinski definition) is 0. The van der Waals surface area contributed by atoms with Crippen LogP contribution >= 0.6 is 0 Å². The second kappa shape index (κ2) is 6.11. The molecule has 4 nitrogen and oxygen atoms in total. The average Bonchev–Trinajstić information content (AvgIpc) is 2.42. The Morgan fingerprint density at radius 3 is 1.81 bits per heavy atom. The molecule has 2 rings (SSSR count). The van der Waals surface area contributed by atoms with E-state index in [4.69, 9.17) is 4.74 Å². The number of isocyanates is 1. The van der Waals surface area contributed by atoms with Crippen LogP contribution in [0, 0.1) is 0 Å². The number of benzene rings is 2. The van der Waals surface area contributed by atoms with Gasteiger partial charge in [-0.05, 0) is 48.5 Å². The first-order chi connectivity index (χ1) is 9.96. The maximum Gasteiger partial charge on any atom is 0.573 e. The zero-order valence-corrected chi connectivity index (χ0v) is 10.4. The molecule has 0 radical (unpaired) electrons. The molecule has 0 amide bonds. The molecular formula is C14H8F3NO3. The third-order valence-electron chi connectivity index (χ3n) is 2.30. The fraction of sp³-hybridized carbons (Fsp3) is 0.0714. The SMILES string of the molecule is O=C=Nc1ccc(Oc2ccc(OC(F)(F)F)cc2)cc1. The Hall–Kier alpha value is -2.79. The van der Waals surface area contributed by atoms with Crippen LogP contribution in [0.3, 0.4) is 0 Å². The largest absolute Gasteiger partial charge is 0.573 e. The number of halogens is 3. The smallest absolute Gasteiger partial charge is 0.457 e. The first kappa shape index (κ1) is 14.6. The molecule has 0 aliphatic rings. The molecule has 0 saturated carbocycles. The summed E-state index contributed by atoms with van der Waals surface area (Å²) in [6.45, 7) is 0. The van der Waals surface area contributed by atoms with Crippen molar-refractivity contribution in [1.29, 1.82) is 0 Å². The predicted octanol–water partition coefficient (Wildman–Crippen LogP) is 4.34. The van der Waals surface area contributed by atoms with E-state index in [1.54, 1.807) is 24.3 Å².